The molecule has 4 nitrogen and oxygen atoms in total. The Labute approximate surface area is 183 Å². The lowest BCUT2D eigenvalue weighted by Gasteiger charge is -2.39. The number of carbonyl (C=O) groups excluding carboxylic acids is 1. The van der Waals surface area contributed by atoms with Crippen molar-refractivity contribution in [2.45, 2.75) is 35.6 Å². The van der Waals surface area contributed by atoms with Crippen LogP contribution in [0.5, 0.6) is 0 Å². The highest BCUT2D eigenvalue weighted by Gasteiger charge is 2.29. The number of amides is 1. The van der Waals surface area contributed by atoms with Crippen LogP contribution in [0.25, 0.3) is 0 Å². The number of hydrogen-bond acceptors (Lipinski definition) is 4. The SMILES string of the molecule is C=CCNC(=O)c1ccc2c(c1)N(C(C)CN1CCCC1)c1ccccc1S2.Cl. The van der Waals surface area contributed by atoms with Crippen LogP contribution >= 0.6 is 24.2 Å². The van der Waals surface area contributed by atoms with Crippen LogP contribution in [0.15, 0.2) is 64.9 Å². The van der Waals surface area contributed by atoms with Gasteiger partial charge in [0.05, 0.1) is 11.4 Å². The number of rotatable bonds is 6. The predicted octanol–water partition coefficient (Wildman–Crippen LogP) is 5.11. The topological polar surface area (TPSA) is 35.6 Å². The van der Waals surface area contributed by atoms with Crippen LogP contribution in [0, 0.1) is 0 Å². The molecule has 0 radical (unpaired) electrons. The molecule has 1 amide bonds. The van der Waals surface area contributed by atoms with Crippen molar-refractivity contribution in [3.63, 3.8) is 0 Å². The Balaban J connectivity index is 0.00000240. The molecule has 2 aliphatic heterocycles. The lowest BCUT2D eigenvalue weighted by atomic mass is 10.1. The van der Waals surface area contributed by atoms with Crippen molar-refractivity contribution in [2.24, 2.45) is 0 Å². The van der Waals surface area contributed by atoms with Crippen LogP contribution in [0.1, 0.15) is 30.1 Å². The quantitative estimate of drug-likeness (QED) is 0.647. The highest BCUT2D eigenvalue weighted by Crippen LogP contribution is 2.49. The Morgan fingerprint density at radius 2 is 1.90 bits per heavy atom. The second kappa shape index (κ2) is 9.70. The normalized spacial score (nSPS) is 16.4. The third-order valence-corrected chi connectivity index (χ3v) is 6.52. The molecule has 1 atom stereocenters. The number of carbonyl (C=O) groups is 1. The van der Waals surface area contributed by atoms with Crippen molar-refractivity contribution in [1.82, 2.24) is 10.2 Å². The van der Waals surface area contributed by atoms with Gasteiger partial charge in [0, 0.05) is 34.5 Å². The highest BCUT2D eigenvalue weighted by molar-refractivity contribution is 7.99. The Bertz CT molecular complexity index is 882. The number of halogens is 1. The van der Waals surface area contributed by atoms with Crippen molar-refractivity contribution in [1.29, 1.82) is 0 Å². The number of benzene rings is 2. The van der Waals surface area contributed by atoms with Gasteiger partial charge in [-0.1, -0.05) is 30.0 Å². The first-order valence-electron chi connectivity index (χ1n) is 9.99. The first kappa shape index (κ1) is 21.8. The van der Waals surface area contributed by atoms with Gasteiger partial charge in [-0.25, -0.2) is 0 Å². The van der Waals surface area contributed by atoms with Gasteiger partial charge >= 0.3 is 0 Å². The minimum Gasteiger partial charge on any atom is -0.349 e. The zero-order valence-corrected chi connectivity index (χ0v) is 18.4. The number of nitrogens with zero attached hydrogens (tertiary/aromatic N) is 2. The van der Waals surface area contributed by atoms with E-state index < -0.39 is 0 Å². The van der Waals surface area contributed by atoms with Gasteiger partial charge in [-0.05, 0) is 63.2 Å². The number of nitrogens with one attached hydrogen (secondary N) is 1. The maximum absolute atomic E-state index is 12.5. The van der Waals surface area contributed by atoms with Crippen LogP contribution in [-0.4, -0.2) is 43.0 Å². The zero-order valence-electron chi connectivity index (χ0n) is 16.8. The smallest absolute Gasteiger partial charge is 0.251 e. The third-order valence-electron chi connectivity index (χ3n) is 5.39. The summed E-state index contributed by atoms with van der Waals surface area (Å²) >= 11 is 1.78. The van der Waals surface area contributed by atoms with E-state index in [0.717, 1.165) is 12.2 Å². The molecule has 0 aromatic heterocycles. The molecular weight excluding hydrogens is 402 g/mol. The van der Waals surface area contributed by atoms with E-state index in [1.165, 1.54) is 41.4 Å². The van der Waals surface area contributed by atoms with E-state index in [1.807, 2.05) is 12.1 Å². The molecule has 0 saturated carbocycles. The van der Waals surface area contributed by atoms with Crippen molar-refractivity contribution in [3.8, 4) is 0 Å². The van der Waals surface area contributed by atoms with Crippen LogP contribution in [0.2, 0.25) is 0 Å². The molecule has 6 heteroatoms. The summed E-state index contributed by atoms with van der Waals surface area (Å²) in [5.74, 6) is -0.0568. The summed E-state index contributed by atoms with van der Waals surface area (Å²) in [6.07, 6.45) is 4.29. The molecule has 1 saturated heterocycles. The Hall–Kier alpha value is -1.95. The molecular formula is C23H28ClN3OS. The summed E-state index contributed by atoms with van der Waals surface area (Å²) in [6.45, 7) is 9.85. The molecule has 2 aromatic rings. The molecule has 1 N–H and O–H groups in total. The zero-order chi connectivity index (χ0) is 19.5. The molecule has 4 rings (SSSR count). The average molecular weight is 430 g/mol. The first-order valence-corrected chi connectivity index (χ1v) is 10.8. The molecule has 29 heavy (non-hydrogen) atoms. The van der Waals surface area contributed by atoms with E-state index in [2.05, 4.69) is 59.0 Å². The summed E-state index contributed by atoms with van der Waals surface area (Å²) in [5.41, 5.74) is 3.05. The fraction of sp³-hybridized carbons (Fsp3) is 0.348. The standard InChI is InChI=1S/C23H27N3OS.ClH/c1-3-12-24-23(27)18-10-11-22-20(15-18)26(17(2)16-25-13-6-7-14-25)19-8-4-5-9-21(19)28-22;/h3-5,8-11,15,17H,1,6-7,12-14,16H2,2H3,(H,24,27);1H. The highest BCUT2D eigenvalue weighted by atomic mass is 35.5. The summed E-state index contributed by atoms with van der Waals surface area (Å²) in [6, 6.07) is 14.9. The summed E-state index contributed by atoms with van der Waals surface area (Å²) in [7, 11) is 0. The molecule has 2 aromatic carbocycles. The van der Waals surface area contributed by atoms with Crippen LogP contribution in [0.4, 0.5) is 11.4 Å². The van der Waals surface area contributed by atoms with Crippen molar-refractivity contribution in [3.05, 3.63) is 60.7 Å². The van der Waals surface area contributed by atoms with E-state index in [0.29, 0.717) is 18.2 Å². The van der Waals surface area contributed by atoms with Gasteiger partial charge in [-0.15, -0.1) is 19.0 Å². The minimum atomic E-state index is -0.0568. The molecule has 0 spiro atoms. The monoisotopic (exact) mass is 429 g/mol. The number of likely N-dealkylation sites (tertiary alicyclic amines) is 1. The summed E-state index contributed by atoms with van der Waals surface area (Å²) in [5, 5.41) is 2.89. The molecule has 154 valence electrons. The van der Waals surface area contributed by atoms with Crippen molar-refractivity contribution < 1.29 is 4.79 Å². The summed E-state index contributed by atoms with van der Waals surface area (Å²) < 4.78 is 0. The van der Waals surface area contributed by atoms with Gasteiger partial charge in [-0.3, -0.25) is 4.79 Å². The first-order chi connectivity index (χ1) is 13.7. The van der Waals surface area contributed by atoms with E-state index in [-0.39, 0.29) is 18.3 Å². The Morgan fingerprint density at radius 1 is 1.17 bits per heavy atom. The molecule has 0 bridgehead atoms. The number of para-hydroxylation sites is 1. The number of fused-ring (bicyclic) bond motifs is 2. The van der Waals surface area contributed by atoms with Gasteiger partial charge in [-0.2, -0.15) is 0 Å². The van der Waals surface area contributed by atoms with Gasteiger partial charge in [0.15, 0.2) is 0 Å². The van der Waals surface area contributed by atoms with Gasteiger partial charge < -0.3 is 15.1 Å². The predicted molar refractivity (Wildman–Crippen MR) is 124 cm³/mol. The molecule has 2 heterocycles. The van der Waals surface area contributed by atoms with Crippen molar-refractivity contribution in [2.75, 3.05) is 31.1 Å². The third kappa shape index (κ3) is 4.63. The average Bonchev–Trinajstić information content (AvgIpc) is 3.22. The largest absolute Gasteiger partial charge is 0.349 e. The summed E-state index contributed by atoms with van der Waals surface area (Å²) in [4.78, 5) is 19.9. The van der Waals surface area contributed by atoms with Gasteiger partial charge in [0.2, 0.25) is 0 Å². The van der Waals surface area contributed by atoms with E-state index in [4.69, 9.17) is 0 Å². The van der Waals surface area contributed by atoms with Crippen LogP contribution < -0.4 is 10.2 Å². The van der Waals surface area contributed by atoms with E-state index >= 15 is 0 Å². The molecule has 0 aliphatic carbocycles. The minimum absolute atomic E-state index is 0. The lowest BCUT2D eigenvalue weighted by Crippen LogP contribution is -2.40. The second-order valence-electron chi connectivity index (χ2n) is 7.48. The van der Waals surface area contributed by atoms with Gasteiger partial charge in [0.25, 0.3) is 5.91 Å². The van der Waals surface area contributed by atoms with Crippen LogP contribution in [-0.2, 0) is 0 Å². The Kier molecular flexibility index (Phi) is 7.28. The fourth-order valence-electron chi connectivity index (χ4n) is 4.09. The molecule has 1 fully saturated rings. The van der Waals surface area contributed by atoms with Crippen molar-refractivity contribution >= 4 is 41.5 Å². The van der Waals surface area contributed by atoms with E-state index in [1.54, 1.807) is 17.8 Å². The maximum Gasteiger partial charge on any atom is 0.251 e. The lowest BCUT2D eigenvalue weighted by molar-refractivity contribution is 0.0958. The fourth-order valence-corrected chi connectivity index (χ4v) is 5.14. The molecule has 1 unspecified atom stereocenters. The molecule has 2 aliphatic rings. The number of anilines is 2. The number of hydrogen-bond donors (Lipinski definition) is 1. The maximum atomic E-state index is 12.5. The Morgan fingerprint density at radius 3 is 2.66 bits per heavy atom. The van der Waals surface area contributed by atoms with Gasteiger partial charge in [0.1, 0.15) is 0 Å². The second-order valence-corrected chi connectivity index (χ2v) is 8.56. The van der Waals surface area contributed by atoms with Crippen LogP contribution in [0.3, 0.4) is 0 Å². The van der Waals surface area contributed by atoms with E-state index in [9.17, 15) is 4.79 Å².